The third-order valence-corrected chi connectivity index (χ3v) is 3.33. The Balaban J connectivity index is 2.12. The fraction of sp³-hybridized carbons (Fsp3) is 0.462. The maximum Gasteiger partial charge on any atom is 0.421 e. The van der Waals surface area contributed by atoms with Gasteiger partial charge in [-0.25, -0.2) is 0 Å². The van der Waals surface area contributed by atoms with E-state index in [9.17, 15) is 18.0 Å². The number of aliphatic hydroxyl groups is 1. The monoisotopic (exact) mass is 258 g/mol. The Kier molecular flexibility index (Phi) is 3.43. The van der Waals surface area contributed by atoms with Crippen LogP contribution in [-0.4, -0.2) is 23.2 Å². The Labute approximate surface area is 102 Å². The topological polar surface area (TPSA) is 37.3 Å². The smallest absolute Gasteiger partial charge is 0.377 e. The maximum absolute atomic E-state index is 12.3. The number of carbonyl (C=O) groups excluding carboxylic acids is 1. The third kappa shape index (κ3) is 2.56. The van der Waals surface area contributed by atoms with Gasteiger partial charge in [0.2, 0.25) is 6.10 Å². The molecule has 1 aliphatic carbocycles. The van der Waals surface area contributed by atoms with Crippen molar-refractivity contribution in [3.8, 4) is 0 Å². The number of halogens is 3. The molecule has 0 aromatic heterocycles. The van der Waals surface area contributed by atoms with Gasteiger partial charge in [0.25, 0.3) is 0 Å². The Morgan fingerprint density at radius 3 is 2.50 bits per heavy atom. The van der Waals surface area contributed by atoms with Crippen molar-refractivity contribution in [2.45, 2.75) is 31.5 Å². The largest absolute Gasteiger partial charge is 0.421 e. The molecule has 5 heteroatoms. The summed E-state index contributed by atoms with van der Waals surface area (Å²) in [6.45, 7) is 0. The summed E-state index contributed by atoms with van der Waals surface area (Å²) in [6.07, 6.45) is -6.50. The number of fused-ring (bicyclic) bond motifs is 1. The van der Waals surface area contributed by atoms with Gasteiger partial charge < -0.3 is 5.11 Å². The van der Waals surface area contributed by atoms with Crippen LogP contribution < -0.4 is 0 Å². The van der Waals surface area contributed by atoms with Crippen LogP contribution in [0, 0.1) is 5.92 Å². The molecule has 0 bridgehead atoms. The molecule has 0 radical (unpaired) electrons. The van der Waals surface area contributed by atoms with Gasteiger partial charge >= 0.3 is 6.18 Å². The Morgan fingerprint density at radius 1 is 1.28 bits per heavy atom. The molecule has 1 aliphatic rings. The van der Waals surface area contributed by atoms with E-state index in [1.807, 2.05) is 18.2 Å². The zero-order valence-corrected chi connectivity index (χ0v) is 9.57. The van der Waals surface area contributed by atoms with Gasteiger partial charge in [0, 0.05) is 5.92 Å². The van der Waals surface area contributed by atoms with Gasteiger partial charge in [-0.2, -0.15) is 13.2 Å². The number of benzene rings is 1. The van der Waals surface area contributed by atoms with E-state index in [2.05, 4.69) is 0 Å². The van der Waals surface area contributed by atoms with Crippen molar-refractivity contribution in [2.24, 2.45) is 5.92 Å². The van der Waals surface area contributed by atoms with Gasteiger partial charge in [0.05, 0.1) is 0 Å². The van der Waals surface area contributed by atoms with E-state index < -0.39 is 24.0 Å². The van der Waals surface area contributed by atoms with Crippen LogP contribution >= 0.6 is 0 Å². The van der Waals surface area contributed by atoms with Crippen LogP contribution in [0.5, 0.6) is 0 Å². The molecule has 2 nitrogen and oxygen atoms in total. The number of rotatable bonds is 2. The number of ketones is 1. The van der Waals surface area contributed by atoms with E-state index in [0.29, 0.717) is 12.8 Å². The summed E-state index contributed by atoms with van der Waals surface area (Å²) in [7, 11) is 0. The number of hydrogen-bond donors (Lipinski definition) is 1. The minimum absolute atomic E-state index is 0.280. The number of carbonyl (C=O) groups is 1. The van der Waals surface area contributed by atoms with Crippen molar-refractivity contribution in [3.63, 3.8) is 0 Å². The Morgan fingerprint density at radius 2 is 1.89 bits per heavy atom. The van der Waals surface area contributed by atoms with Gasteiger partial charge in [-0.1, -0.05) is 24.3 Å². The predicted molar refractivity (Wildman–Crippen MR) is 59.0 cm³/mol. The number of hydrogen-bond acceptors (Lipinski definition) is 2. The first-order chi connectivity index (χ1) is 8.39. The molecule has 1 N–H and O–H groups in total. The molecule has 0 heterocycles. The summed E-state index contributed by atoms with van der Waals surface area (Å²) in [5, 5.41) is 8.98. The van der Waals surface area contributed by atoms with Gasteiger partial charge in [-0.3, -0.25) is 4.79 Å². The molecular formula is C13H13F3O2. The number of alkyl halides is 3. The average molecular weight is 258 g/mol. The van der Waals surface area contributed by atoms with Crippen molar-refractivity contribution in [1.29, 1.82) is 0 Å². The van der Waals surface area contributed by atoms with Gasteiger partial charge in [-0.15, -0.1) is 0 Å². The summed E-state index contributed by atoms with van der Waals surface area (Å²) in [4.78, 5) is 11.6. The van der Waals surface area contributed by atoms with Crippen LogP contribution in [0.3, 0.4) is 0 Å². The molecule has 18 heavy (non-hydrogen) atoms. The minimum atomic E-state index is -4.87. The Hall–Kier alpha value is -1.36. The van der Waals surface area contributed by atoms with Crippen LogP contribution in [0.4, 0.5) is 13.2 Å². The van der Waals surface area contributed by atoms with Crippen molar-refractivity contribution >= 4 is 5.78 Å². The molecule has 98 valence electrons. The van der Waals surface area contributed by atoms with Gasteiger partial charge in [-0.05, 0) is 30.4 Å². The fourth-order valence-corrected chi connectivity index (χ4v) is 2.33. The number of aryl methyl sites for hydroxylation is 1. The number of aliphatic hydroxyl groups excluding tert-OH is 1. The summed E-state index contributed by atoms with van der Waals surface area (Å²) in [6, 6.07) is 7.39. The first-order valence-electron chi connectivity index (χ1n) is 5.75. The van der Waals surface area contributed by atoms with E-state index in [-0.39, 0.29) is 6.42 Å². The quantitative estimate of drug-likeness (QED) is 0.883. The Bertz CT molecular complexity index is 454. The summed E-state index contributed by atoms with van der Waals surface area (Å²) in [5.74, 6) is -1.85. The van der Waals surface area contributed by atoms with Gasteiger partial charge in [0.15, 0.2) is 5.78 Å². The molecule has 0 aliphatic heterocycles. The fourth-order valence-electron chi connectivity index (χ4n) is 2.33. The van der Waals surface area contributed by atoms with Gasteiger partial charge in [0.1, 0.15) is 0 Å². The molecule has 0 saturated heterocycles. The van der Waals surface area contributed by atoms with Crippen LogP contribution in [-0.2, 0) is 17.6 Å². The molecule has 1 aromatic rings. The van der Waals surface area contributed by atoms with Crippen LogP contribution in [0.1, 0.15) is 17.5 Å². The van der Waals surface area contributed by atoms with Crippen molar-refractivity contribution < 1.29 is 23.1 Å². The minimum Gasteiger partial charge on any atom is -0.377 e. The van der Waals surface area contributed by atoms with Crippen LogP contribution in [0.15, 0.2) is 24.3 Å². The second-order valence-electron chi connectivity index (χ2n) is 4.55. The molecule has 0 spiro atoms. The standard InChI is InChI=1S/C13H13F3O2/c14-13(15,16)12(18)11(17)10-6-5-8-3-1-2-4-9(8)7-10/h1-4,10,12,18H,5-7H2. The molecule has 1 aromatic carbocycles. The summed E-state index contributed by atoms with van der Waals surface area (Å²) in [5.41, 5.74) is 1.97. The lowest BCUT2D eigenvalue weighted by atomic mass is 9.80. The SMILES string of the molecule is O=C(C1CCc2ccccc2C1)C(O)C(F)(F)F. The molecule has 0 amide bonds. The van der Waals surface area contributed by atoms with E-state index in [1.54, 1.807) is 6.07 Å². The lowest BCUT2D eigenvalue weighted by Gasteiger charge is -2.25. The second-order valence-corrected chi connectivity index (χ2v) is 4.55. The van der Waals surface area contributed by atoms with Crippen molar-refractivity contribution in [1.82, 2.24) is 0 Å². The maximum atomic E-state index is 12.3. The van der Waals surface area contributed by atoms with Crippen LogP contribution in [0.25, 0.3) is 0 Å². The summed E-state index contributed by atoms with van der Waals surface area (Å²) >= 11 is 0. The highest BCUT2D eigenvalue weighted by molar-refractivity contribution is 5.86. The van der Waals surface area contributed by atoms with Crippen molar-refractivity contribution in [3.05, 3.63) is 35.4 Å². The van der Waals surface area contributed by atoms with E-state index in [1.165, 1.54) is 0 Å². The number of Topliss-reactive ketones (excluding diaryl/α,β-unsaturated/α-hetero) is 1. The molecule has 0 saturated carbocycles. The lowest BCUT2D eigenvalue weighted by molar-refractivity contribution is -0.206. The van der Waals surface area contributed by atoms with E-state index in [4.69, 9.17) is 5.11 Å². The highest BCUT2D eigenvalue weighted by Gasteiger charge is 2.45. The van der Waals surface area contributed by atoms with Crippen molar-refractivity contribution in [2.75, 3.05) is 0 Å². The highest BCUT2D eigenvalue weighted by Crippen LogP contribution is 2.30. The zero-order valence-electron chi connectivity index (χ0n) is 9.57. The molecule has 0 fully saturated rings. The predicted octanol–water partition coefficient (Wildman–Crippen LogP) is 2.28. The normalized spacial score (nSPS) is 21.2. The average Bonchev–Trinajstić information content (AvgIpc) is 2.35. The lowest BCUT2D eigenvalue weighted by Crippen LogP contribution is -2.41. The third-order valence-electron chi connectivity index (χ3n) is 3.33. The molecule has 2 rings (SSSR count). The summed E-state index contributed by atoms with van der Waals surface area (Å²) < 4.78 is 36.8. The first-order valence-corrected chi connectivity index (χ1v) is 5.75. The molecule has 2 unspecified atom stereocenters. The highest BCUT2D eigenvalue weighted by atomic mass is 19.4. The van der Waals surface area contributed by atoms with Crippen LogP contribution in [0.2, 0.25) is 0 Å². The second kappa shape index (κ2) is 4.72. The molecular weight excluding hydrogens is 245 g/mol. The molecule has 2 atom stereocenters. The first kappa shape index (κ1) is 13.1. The zero-order chi connectivity index (χ0) is 13.3. The van der Waals surface area contributed by atoms with E-state index in [0.717, 1.165) is 11.1 Å². The van der Waals surface area contributed by atoms with E-state index >= 15 is 0 Å².